The van der Waals surface area contributed by atoms with Crippen molar-refractivity contribution in [2.45, 2.75) is 9.79 Å². The fourth-order valence-electron chi connectivity index (χ4n) is 2.48. The van der Waals surface area contributed by atoms with Crippen LogP contribution in [-0.4, -0.2) is 15.8 Å². The number of nitro benzene ring substituents is 2. The Morgan fingerprint density at radius 3 is 2.03 bits per heavy atom. The summed E-state index contributed by atoms with van der Waals surface area (Å²) in [5.41, 5.74) is 1.14. The van der Waals surface area contributed by atoms with Crippen LogP contribution in [0.4, 0.5) is 17.1 Å². The average molecular weight is 421 g/mol. The number of hydrogen-bond acceptors (Lipinski definition) is 6. The summed E-state index contributed by atoms with van der Waals surface area (Å²) in [7, 11) is 0. The molecule has 0 aromatic heterocycles. The Labute approximate surface area is 175 Å². The van der Waals surface area contributed by atoms with Crippen molar-refractivity contribution < 1.29 is 14.6 Å². The SMILES string of the molecule is O=C(/C=C/c1cccc([N+](=O)[O-])c1)Nc1ccc(Sc2ccc([N+](=O)[O-])cc2)cc1. The highest BCUT2D eigenvalue weighted by atomic mass is 32.2. The quantitative estimate of drug-likeness (QED) is 0.314. The standard InChI is InChI=1S/C21H15N3O5S/c25-21(13-4-15-2-1-3-18(14-15)24(28)29)22-16-5-9-19(10-6-16)30-20-11-7-17(8-12-20)23(26)27/h1-14H,(H,22,25)/b13-4+. The number of benzene rings is 3. The van der Waals surface area contributed by atoms with Crippen LogP contribution in [0.3, 0.4) is 0 Å². The maximum absolute atomic E-state index is 12.1. The molecule has 0 saturated carbocycles. The number of carbonyl (C=O) groups is 1. The van der Waals surface area contributed by atoms with Crippen LogP contribution in [-0.2, 0) is 4.79 Å². The van der Waals surface area contributed by atoms with E-state index in [0.717, 1.165) is 9.79 Å². The van der Waals surface area contributed by atoms with Crippen molar-refractivity contribution in [2.75, 3.05) is 5.32 Å². The minimum absolute atomic E-state index is 0.0376. The van der Waals surface area contributed by atoms with Gasteiger partial charge >= 0.3 is 0 Å². The predicted molar refractivity (Wildman–Crippen MR) is 114 cm³/mol. The van der Waals surface area contributed by atoms with Crippen molar-refractivity contribution in [1.29, 1.82) is 0 Å². The van der Waals surface area contributed by atoms with Crippen molar-refractivity contribution >= 4 is 40.8 Å². The number of non-ortho nitro benzene ring substituents is 2. The first-order valence-electron chi connectivity index (χ1n) is 8.66. The summed E-state index contributed by atoms with van der Waals surface area (Å²) in [4.78, 5) is 34.4. The van der Waals surface area contributed by atoms with Gasteiger partial charge in [0.2, 0.25) is 5.91 Å². The third kappa shape index (κ3) is 5.76. The lowest BCUT2D eigenvalue weighted by molar-refractivity contribution is -0.385. The van der Waals surface area contributed by atoms with Gasteiger partial charge < -0.3 is 5.32 Å². The molecule has 3 aromatic carbocycles. The molecule has 30 heavy (non-hydrogen) atoms. The van der Waals surface area contributed by atoms with E-state index in [4.69, 9.17) is 0 Å². The Bertz CT molecular complexity index is 1110. The van der Waals surface area contributed by atoms with Crippen molar-refractivity contribution in [1.82, 2.24) is 0 Å². The van der Waals surface area contributed by atoms with Crippen LogP contribution in [0.5, 0.6) is 0 Å². The molecule has 0 spiro atoms. The monoisotopic (exact) mass is 421 g/mol. The van der Waals surface area contributed by atoms with Crippen LogP contribution in [0.1, 0.15) is 5.56 Å². The molecule has 9 heteroatoms. The van der Waals surface area contributed by atoms with E-state index in [1.54, 1.807) is 36.4 Å². The van der Waals surface area contributed by atoms with Crippen LogP contribution in [0.2, 0.25) is 0 Å². The summed E-state index contributed by atoms with van der Waals surface area (Å²) in [6.07, 6.45) is 2.81. The minimum atomic E-state index is -0.492. The van der Waals surface area contributed by atoms with Gasteiger partial charge in [-0.3, -0.25) is 25.0 Å². The van der Waals surface area contributed by atoms with Gasteiger partial charge in [0.05, 0.1) is 9.85 Å². The highest BCUT2D eigenvalue weighted by Crippen LogP contribution is 2.29. The fourth-order valence-corrected chi connectivity index (χ4v) is 3.29. The van der Waals surface area contributed by atoms with E-state index in [1.807, 2.05) is 12.1 Å². The Morgan fingerprint density at radius 1 is 0.833 bits per heavy atom. The maximum atomic E-state index is 12.1. The normalized spacial score (nSPS) is 10.7. The maximum Gasteiger partial charge on any atom is 0.270 e. The molecule has 0 aliphatic rings. The Balaban J connectivity index is 1.58. The van der Waals surface area contributed by atoms with Gasteiger partial charge in [-0.1, -0.05) is 23.9 Å². The van der Waals surface area contributed by atoms with E-state index in [0.29, 0.717) is 11.3 Å². The molecule has 0 radical (unpaired) electrons. The van der Waals surface area contributed by atoms with Crippen LogP contribution < -0.4 is 5.32 Å². The van der Waals surface area contributed by atoms with Crippen molar-refractivity contribution in [3.8, 4) is 0 Å². The first kappa shape index (κ1) is 20.7. The summed E-state index contributed by atoms with van der Waals surface area (Å²) in [6.45, 7) is 0. The zero-order valence-electron chi connectivity index (χ0n) is 15.4. The molecule has 0 fully saturated rings. The van der Waals surface area contributed by atoms with E-state index < -0.39 is 9.85 Å². The molecule has 0 heterocycles. The second-order valence-electron chi connectivity index (χ2n) is 6.05. The number of rotatable bonds is 7. The molecule has 3 rings (SSSR count). The molecule has 0 atom stereocenters. The zero-order chi connectivity index (χ0) is 21.5. The summed E-state index contributed by atoms with van der Waals surface area (Å²) >= 11 is 1.44. The molecular weight excluding hydrogens is 406 g/mol. The summed E-state index contributed by atoms with van der Waals surface area (Å²) in [5.74, 6) is -0.364. The highest BCUT2D eigenvalue weighted by molar-refractivity contribution is 7.99. The predicted octanol–water partition coefficient (Wildman–Crippen LogP) is 5.31. The van der Waals surface area contributed by atoms with Crippen molar-refractivity contribution in [3.63, 3.8) is 0 Å². The lowest BCUT2D eigenvalue weighted by Gasteiger charge is -2.05. The Hall–Kier alpha value is -3.98. The van der Waals surface area contributed by atoms with Gasteiger partial charge in [-0.15, -0.1) is 0 Å². The molecule has 0 unspecified atom stereocenters. The third-order valence-electron chi connectivity index (χ3n) is 3.91. The van der Waals surface area contributed by atoms with E-state index in [1.165, 1.54) is 48.2 Å². The number of anilines is 1. The summed E-state index contributed by atoms with van der Waals surface area (Å²) in [5, 5.41) is 24.2. The number of amides is 1. The van der Waals surface area contributed by atoms with Crippen LogP contribution in [0, 0.1) is 20.2 Å². The molecule has 3 aromatic rings. The zero-order valence-corrected chi connectivity index (χ0v) is 16.2. The second kappa shape index (κ2) is 9.48. The molecule has 0 saturated heterocycles. The van der Waals surface area contributed by atoms with Gasteiger partial charge in [-0.25, -0.2) is 0 Å². The molecule has 0 aliphatic heterocycles. The Kier molecular flexibility index (Phi) is 6.56. The summed E-state index contributed by atoms with van der Waals surface area (Å²) in [6, 6.07) is 19.4. The molecular formula is C21H15N3O5S. The molecule has 150 valence electrons. The van der Waals surface area contributed by atoms with E-state index >= 15 is 0 Å². The molecule has 1 amide bonds. The number of nitrogens with zero attached hydrogens (tertiary/aromatic N) is 2. The second-order valence-corrected chi connectivity index (χ2v) is 7.20. The topological polar surface area (TPSA) is 115 Å². The highest BCUT2D eigenvalue weighted by Gasteiger charge is 2.06. The van der Waals surface area contributed by atoms with Gasteiger partial charge in [-0.2, -0.15) is 0 Å². The average Bonchev–Trinajstić information content (AvgIpc) is 2.74. The number of carbonyl (C=O) groups excluding carboxylic acids is 1. The minimum Gasteiger partial charge on any atom is -0.323 e. The number of nitro groups is 2. The molecule has 1 N–H and O–H groups in total. The lowest BCUT2D eigenvalue weighted by Crippen LogP contribution is -2.07. The summed E-state index contributed by atoms with van der Waals surface area (Å²) < 4.78 is 0. The third-order valence-corrected chi connectivity index (χ3v) is 4.93. The van der Waals surface area contributed by atoms with Gasteiger partial charge in [-0.05, 0) is 48.0 Å². The lowest BCUT2D eigenvalue weighted by atomic mass is 10.2. The van der Waals surface area contributed by atoms with Crippen molar-refractivity contribution in [3.05, 3.63) is 105 Å². The van der Waals surface area contributed by atoms with Crippen molar-refractivity contribution in [2.24, 2.45) is 0 Å². The van der Waals surface area contributed by atoms with E-state index in [9.17, 15) is 25.0 Å². The van der Waals surface area contributed by atoms with Gasteiger partial charge in [0.1, 0.15) is 0 Å². The van der Waals surface area contributed by atoms with Crippen LogP contribution in [0.15, 0.2) is 88.7 Å². The van der Waals surface area contributed by atoms with Gasteiger partial charge in [0, 0.05) is 45.8 Å². The van der Waals surface area contributed by atoms with Gasteiger partial charge in [0.25, 0.3) is 11.4 Å². The van der Waals surface area contributed by atoms with E-state index in [-0.39, 0.29) is 17.3 Å². The largest absolute Gasteiger partial charge is 0.323 e. The first-order chi connectivity index (χ1) is 14.4. The molecule has 0 bridgehead atoms. The van der Waals surface area contributed by atoms with Crippen LogP contribution in [0.25, 0.3) is 6.08 Å². The smallest absolute Gasteiger partial charge is 0.270 e. The molecule has 0 aliphatic carbocycles. The number of hydrogen-bond donors (Lipinski definition) is 1. The fraction of sp³-hybridized carbons (Fsp3) is 0. The Morgan fingerprint density at radius 2 is 1.43 bits per heavy atom. The van der Waals surface area contributed by atoms with Crippen LogP contribution >= 0.6 is 11.8 Å². The molecule has 8 nitrogen and oxygen atoms in total. The van der Waals surface area contributed by atoms with E-state index in [2.05, 4.69) is 5.32 Å². The number of nitrogens with one attached hydrogen (secondary N) is 1. The first-order valence-corrected chi connectivity index (χ1v) is 9.48. The van der Waals surface area contributed by atoms with Gasteiger partial charge in [0.15, 0.2) is 0 Å².